The third-order valence-corrected chi connectivity index (χ3v) is 7.35. The van der Waals surface area contributed by atoms with Crippen LogP contribution >= 0.6 is 0 Å². The van der Waals surface area contributed by atoms with Crippen molar-refractivity contribution in [3.8, 4) is 28.0 Å². The third-order valence-electron chi connectivity index (χ3n) is 7.35. The van der Waals surface area contributed by atoms with Gasteiger partial charge in [0.15, 0.2) is 5.78 Å². The monoisotopic (exact) mass is 430 g/mol. The van der Waals surface area contributed by atoms with Crippen LogP contribution in [0.2, 0.25) is 0 Å². The van der Waals surface area contributed by atoms with Crippen molar-refractivity contribution in [1.29, 1.82) is 0 Å². The van der Waals surface area contributed by atoms with Crippen molar-refractivity contribution < 1.29 is 9.90 Å². The highest BCUT2D eigenvalue weighted by molar-refractivity contribution is 6.01. The van der Waals surface area contributed by atoms with Crippen LogP contribution in [0, 0.1) is 0 Å². The number of ketones is 1. The number of fused-ring (bicyclic) bond motifs is 8. The Kier molecular flexibility index (Phi) is 4.87. The molecule has 0 atom stereocenters. The molecule has 0 amide bonds. The fourth-order valence-corrected chi connectivity index (χ4v) is 5.73. The molecule has 0 aromatic heterocycles. The highest BCUT2D eigenvalue weighted by Crippen LogP contribution is 2.39. The van der Waals surface area contributed by atoms with Gasteiger partial charge in [0.1, 0.15) is 5.75 Å². The molecular weight excluding hydrogens is 404 g/mol. The van der Waals surface area contributed by atoms with Gasteiger partial charge in [-0.15, -0.1) is 0 Å². The van der Waals surface area contributed by atoms with Crippen molar-refractivity contribution in [2.75, 3.05) is 0 Å². The maximum Gasteiger partial charge on any atom is 0.163 e. The van der Waals surface area contributed by atoms with E-state index in [1.54, 1.807) is 6.07 Å². The van der Waals surface area contributed by atoms with Crippen LogP contribution in [0.3, 0.4) is 0 Å². The van der Waals surface area contributed by atoms with Gasteiger partial charge in [0, 0.05) is 12.0 Å². The summed E-state index contributed by atoms with van der Waals surface area (Å²) in [5, 5.41) is 9.44. The van der Waals surface area contributed by atoms with Crippen molar-refractivity contribution in [1.82, 2.24) is 0 Å². The summed E-state index contributed by atoms with van der Waals surface area (Å²) in [5.41, 5.74) is 13.1. The van der Waals surface area contributed by atoms with Crippen molar-refractivity contribution in [3.63, 3.8) is 0 Å². The lowest BCUT2D eigenvalue weighted by Gasteiger charge is -2.22. The number of Topliss-reactive ketones (excluding diaryl/α,β-unsaturated/α-hetero) is 1. The standard InChI is InChI=1S/C17H14O.C14H12O/c18-17-10-9-15-14-6-5-11-3-1-2-4-12(11)13(14)7-8-16(15)17;15-12-7-8-14-11(9-12)6-5-10-3-1-2-4-13(10)14/h1-4,7-8H,5-6,9-10H2;1-4,7-9,15H,5-6H2. The second kappa shape index (κ2) is 8.04. The average Bonchev–Trinajstić information content (AvgIpc) is 3.25. The molecule has 0 fully saturated rings. The molecule has 4 aromatic carbocycles. The summed E-state index contributed by atoms with van der Waals surface area (Å²) in [4.78, 5) is 11.8. The van der Waals surface area contributed by atoms with Crippen LogP contribution in [-0.4, -0.2) is 10.9 Å². The molecule has 33 heavy (non-hydrogen) atoms. The molecule has 0 saturated heterocycles. The number of aromatic hydroxyl groups is 1. The molecule has 0 spiro atoms. The minimum absolute atomic E-state index is 0.326. The molecule has 0 bridgehead atoms. The Balaban J connectivity index is 0.000000127. The predicted octanol–water partition coefficient (Wildman–Crippen LogP) is 6.74. The first kappa shape index (κ1) is 20.0. The van der Waals surface area contributed by atoms with E-state index in [-0.39, 0.29) is 0 Å². The Morgan fingerprint density at radius 3 is 1.79 bits per heavy atom. The summed E-state index contributed by atoms with van der Waals surface area (Å²) in [6.07, 6.45) is 5.94. The van der Waals surface area contributed by atoms with E-state index in [1.807, 2.05) is 18.2 Å². The lowest BCUT2D eigenvalue weighted by Crippen LogP contribution is -2.07. The normalized spacial score (nSPS) is 14.7. The first-order chi connectivity index (χ1) is 16.2. The molecule has 4 aromatic rings. The average molecular weight is 431 g/mol. The lowest BCUT2D eigenvalue weighted by atomic mass is 9.82. The van der Waals surface area contributed by atoms with Gasteiger partial charge < -0.3 is 5.11 Å². The lowest BCUT2D eigenvalue weighted by molar-refractivity contribution is 0.0994. The Bertz CT molecular complexity index is 1400. The van der Waals surface area contributed by atoms with Gasteiger partial charge in [-0.25, -0.2) is 0 Å². The molecule has 2 heteroatoms. The third kappa shape index (κ3) is 3.47. The zero-order chi connectivity index (χ0) is 22.4. The van der Waals surface area contributed by atoms with E-state index < -0.39 is 0 Å². The largest absolute Gasteiger partial charge is 0.508 e. The van der Waals surface area contributed by atoms with Crippen LogP contribution in [-0.2, 0) is 32.1 Å². The minimum atomic E-state index is 0.326. The smallest absolute Gasteiger partial charge is 0.163 e. The predicted molar refractivity (Wildman–Crippen MR) is 133 cm³/mol. The highest BCUT2D eigenvalue weighted by Gasteiger charge is 2.26. The number of carbonyl (C=O) groups excluding carboxylic acids is 1. The number of hydrogen-bond acceptors (Lipinski definition) is 2. The van der Waals surface area contributed by atoms with E-state index in [2.05, 4.69) is 54.6 Å². The molecule has 162 valence electrons. The van der Waals surface area contributed by atoms with Gasteiger partial charge >= 0.3 is 0 Å². The summed E-state index contributed by atoms with van der Waals surface area (Å²) in [6, 6.07) is 27.0. The molecule has 7 rings (SSSR count). The van der Waals surface area contributed by atoms with Gasteiger partial charge in [-0.2, -0.15) is 0 Å². The van der Waals surface area contributed by atoms with Crippen LogP contribution in [0.15, 0.2) is 78.9 Å². The molecule has 0 heterocycles. The Morgan fingerprint density at radius 2 is 1.00 bits per heavy atom. The fraction of sp³-hybridized carbons (Fsp3) is 0.194. The second-order valence-electron chi connectivity index (χ2n) is 9.20. The molecule has 0 radical (unpaired) electrons. The number of phenols is 1. The highest BCUT2D eigenvalue weighted by atomic mass is 16.3. The first-order valence-electron chi connectivity index (χ1n) is 11.9. The van der Waals surface area contributed by atoms with Crippen molar-refractivity contribution >= 4 is 5.78 Å². The zero-order valence-corrected chi connectivity index (χ0v) is 18.6. The van der Waals surface area contributed by atoms with E-state index >= 15 is 0 Å². The Hall–Kier alpha value is -3.65. The minimum Gasteiger partial charge on any atom is -0.508 e. The number of carbonyl (C=O) groups is 1. The summed E-state index contributed by atoms with van der Waals surface area (Å²) >= 11 is 0. The van der Waals surface area contributed by atoms with E-state index in [4.69, 9.17) is 0 Å². The summed E-state index contributed by atoms with van der Waals surface area (Å²) in [7, 11) is 0. The number of phenolic OH excluding ortho intramolecular Hbond substituents is 1. The summed E-state index contributed by atoms with van der Waals surface area (Å²) in [6.45, 7) is 0. The SMILES string of the molecule is O=C1CCc2c1ccc1c2CCc2ccccc2-1.Oc1ccc2c(c1)CCc1ccccc1-2. The maximum absolute atomic E-state index is 11.8. The molecule has 3 aliphatic carbocycles. The van der Waals surface area contributed by atoms with Crippen LogP contribution < -0.4 is 0 Å². The van der Waals surface area contributed by atoms with Crippen LogP contribution in [0.1, 0.15) is 44.6 Å². The van der Waals surface area contributed by atoms with E-state index in [0.29, 0.717) is 18.0 Å². The van der Waals surface area contributed by atoms with Crippen LogP contribution in [0.25, 0.3) is 22.3 Å². The molecule has 0 unspecified atom stereocenters. The van der Waals surface area contributed by atoms with Gasteiger partial charge in [0.2, 0.25) is 0 Å². The first-order valence-corrected chi connectivity index (χ1v) is 11.9. The number of aryl methyl sites for hydroxylation is 3. The van der Waals surface area contributed by atoms with E-state index in [9.17, 15) is 9.90 Å². The van der Waals surface area contributed by atoms with Crippen LogP contribution in [0.4, 0.5) is 0 Å². The summed E-state index contributed by atoms with van der Waals surface area (Å²) in [5.74, 6) is 0.694. The number of benzene rings is 4. The van der Waals surface area contributed by atoms with E-state index in [0.717, 1.165) is 37.7 Å². The van der Waals surface area contributed by atoms with Gasteiger partial charge in [0.25, 0.3) is 0 Å². The van der Waals surface area contributed by atoms with Crippen molar-refractivity contribution in [2.45, 2.75) is 38.5 Å². The number of hydrogen-bond donors (Lipinski definition) is 1. The topological polar surface area (TPSA) is 37.3 Å². The maximum atomic E-state index is 11.8. The molecule has 0 saturated carbocycles. The molecule has 1 N–H and O–H groups in total. The second-order valence-corrected chi connectivity index (χ2v) is 9.20. The molecule has 3 aliphatic rings. The van der Waals surface area contributed by atoms with Crippen LogP contribution in [0.5, 0.6) is 5.75 Å². The van der Waals surface area contributed by atoms with Crippen molar-refractivity contribution in [2.24, 2.45) is 0 Å². The Morgan fingerprint density at radius 1 is 0.485 bits per heavy atom. The Labute approximate surface area is 194 Å². The van der Waals surface area contributed by atoms with Gasteiger partial charge in [-0.1, -0.05) is 66.7 Å². The quantitative estimate of drug-likeness (QED) is 0.335. The summed E-state index contributed by atoms with van der Waals surface area (Å²) < 4.78 is 0. The zero-order valence-electron chi connectivity index (χ0n) is 18.6. The fourth-order valence-electron chi connectivity index (χ4n) is 5.73. The van der Waals surface area contributed by atoms with E-state index in [1.165, 1.54) is 50.1 Å². The molecular formula is C31H26O2. The van der Waals surface area contributed by atoms with Gasteiger partial charge in [-0.05, 0) is 94.3 Å². The van der Waals surface area contributed by atoms with Gasteiger partial charge in [-0.3, -0.25) is 4.79 Å². The van der Waals surface area contributed by atoms with Crippen molar-refractivity contribution in [3.05, 3.63) is 112 Å². The molecule has 2 nitrogen and oxygen atoms in total. The van der Waals surface area contributed by atoms with Gasteiger partial charge in [0.05, 0.1) is 0 Å². The number of rotatable bonds is 0. The molecule has 0 aliphatic heterocycles.